The first-order chi connectivity index (χ1) is 12.6. The minimum Gasteiger partial charge on any atom is -0.493 e. The van der Waals surface area contributed by atoms with Crippen LogP contribution in [-0.2, 0) is 0 Å². The molecule has 3 aromatic rings. The van der Waals surface area contributed by atoms with Crippen LogP contribution in [0.5, 0.6) is 5.75 Å². The zero-order valence-corrected chi connectivity index (χ0v) is 15.1. The highest BCUT2D eigenvalue weighted by Crippen LogP contribution is 2.38. The molecule has 1 aliphatic carbocycles. The molecule has 0 spiro atoms. The van der Waals surface area contributed by atoms with Crippen LogP contribution in [0.25, 0.3) is 11.0 Å². The zero-order chi connectivity index (χ0) is 18.1. The van der Waals surface area contributed by atoms with E-state index in [0.717, 1.165) is 29.5 Å². The number of thioether (sulfide) groups is 1. The Balaban J connectivity index is 1.38. The molecular weight excluding hydrogens is 352 g/mol. The van der Waals surface area contributed by atoms with Crippen LogP contribution in [0.15, 0.2) is 49.5 Å². The fraction of sp³-hybridized carbons (Fsp3) is 0.316. The fourth-order valence-electron chi connectivity index (χ4n) is 2.80. The van der Waals surface area contributed by atoms with Crippen LogP contribution >= 0.6 is 11.8 Å². The highest BCUT2D eigenvalue weighted by Gasteiger charge is 2.25. The maximum absolute atomic E-state index is 11.7. The van der Waals surface area contributed by atoms with E-state index in [0.29, 0.717) is 34.8 Å². The van der Waals surface area contributed by atoms with E-state index in [4.69, 9.17) is 9.15 Å². The van der Waals surface area contributed by atoms with Gasteiger partial charge in [0, 0.05) is 35.3 Å². The molecule has 0 unspecified atom stereocenters. The third-order valence-corrected chi connectivity index (χ3v) is 5.09. The molecule has 0 aliphatic heterocycles. The molecule has 1 aliphatic rings. The summed E-state index contributed by atoms with van der Waals surface area (Å²) in [7, 11) is 0. The van der Waals surface area contributed by atoms with E-state index in [-0.39, 0.29) is 11.2 Å². The Morgan fingerprint density at radius 3 is 2.92 bits per heavy atom. The van der Waals surface area contributed by atoms with Crippen molar-refractivity contribution < 1.29 is 9.15 Å². The summed E-state index contributed by atoms with van der Waals surface area (Å²) in [6.07, 6.45) is 2.22. The number of aromatic nitrogens is 2. The van der Waals surface area contributed by atoms with Gasteiger partial charge in [-0.05, 0) is 37.5 Å². The van der Waals surface area contributed by atoms with E-state index in [2.05, 4.69) is 9.97 Å². The standard InChI is InChI=1S/C19H18N2O4S/c1-11-8-18(23)25-16-9-13(4-5-14(11)16)24-6-7-26-19-20-15(12-2-3-12)10-17(22)21-19/h4-5,8-10,12H,2-3,6-7H2,1H3,(H,20,21,22). The van der Waals surface area contributed by atoms with Crippen molar-refractivity contribution in [1.29, 1.82) is 0 Å². The largest absolute Gasteiger partial charge is 0.493 e. The Morgan fingerprint density at radius 1 is 1.27 bits per heavy atom. The number of aryl methyl sites for hydroxylation is 1. The van der Waals surface area contributed by atoms with Gasteiger partial charge in [0.25, 0.3) is 5.56 Å². The molecule has 1 saturated carbocycles. The maximum Gasteiger partial charge on any atom is 0.336 e. The molecule has 1 N–H and O–H groups in total. The summed E-state index contributed by atoms with van der Waals surface area (Å²) in [5.74, 6) is 1.73. The highest BCUT2D eigenvalue weighted by atomic mass is 32.2. The molecular formula is C19H18N2O4S. The number of hydrogen-bond donors (Lipinski definition) is 1. The predicted molar refractivity (Wildman–Crippen MR) is 100 cm³/mol. The van der Waals surface area contributed by atoms with Gasteiger partial charge in [-0.25, -0.2) is 9.78 Å². The Hall–Kier alpha value is -2.54. The molecule has 1 fully saturated rings. The predicted octanol–water partition coefficient (Wildman–Crippen LogP) is 3.23. The monoisotopic (exact) mass is 370 g/mol. The summed E-state index contributed by atoms with van der Waals surface area (Å²) >= 11 is 1.46. The Kier molecular flexibility index (Phi) is 4.55. The van der Waals surface area contributed by atoms with Crippen molar-refractivity contribution in [1.82, 2.24) is 9.97 Å². The molecule has 4 rings (SSSR count). The molecule has 2 heterocycles. The van der Waals surface area contributed by atoms with Crippen molar-refractivity contribution in [2.45, 2.75) is 30.8 Å². The number of ether oxygens (including phenoxy) is 1. The van der Waals surface area contributed by atoms with Crippen molar-refractivity contribution in [2.75, 3.05) is 12.4 Å². The minimum atomic E-state index is -0.367. The van der Waals surface area contributed by atoms with Crippen LogP contribution in [0.2, 0.25) is 0 Å². The molecule has 0 amide bonds. The lowest BCUT2D eigenvalue weighted by Crippen LogP contribution is -2.10. The Bertz CT molecular complexity index is 1070. The van der Waals surface area contributed by atoms with E-state index in [9.17, 15) is 9.59 Å². The van der Waals surface area contributed by atoms with E-state index < -0.39 is 0 Å². The lowest BCUT2D eigenvalue weighted by atomic mass is 10.1. The van der Waals surface area contributed by atoms with Gasteiger partial charge >= 0.3 is 5.63 Å². The average molecular weight is 370 g/mol. The van der Waals surface area contributed by atoms with Gasteiger partial charge in [0.1, 0.15) is 11.3 Å². The zero-order valence-electron chi connectivity index (χ0n) is 14.3. The third kappa shape index (κ3) is 3.83. The lowest BCUT2D eigenvalue weighted by molar-refractivity contribution is 0.343. The van der Waals surface area contributed by atoms with Gasteiger partial charge in [-0.1, -0.05) is 11.8 Å². The fourth-order valence-corrected chi connectivity index (χ4v) is 3.51. The van der Waals surface area contributed by atoms with Crippen LogP contribution in [-0.4, -0.2) is 22.3 Å². The molecule has 0 saturated heterocycles. The molecule has 134 valence electrons. The lowest BCUT2D eigenvalue weighted by Gasteiger charge is -2.08. The smallest absolute Gasteiger partial charge is 0.336 e. The molecule has 6 nitrogen and oxygen atoms in total. The summed E-state index contributed by atoms with van der Waals surface area (Å²) < 4.78 is 11.0. The Morgan fingerprint density at radius 2 is 2.12 bits per heavy atom. The maximum atomic E-state index is 11.7. The molecule has 2 aromatic heterocycles. The van der Waals surface area contributed by atoms with E-state index in [1.54, 1.807) is 12.1 Å². The second-order valence-corrected chi connectivity index (χ2v) is 7.44. The van der Waals surface area contributed by atoms with Crippen LogP contribution in [0.3, 0.4) is 0 Å². The number of rotatable bonds is 6. The van der Waals surface area contributed by atoms with Gasteiger partial charge in [-0.2, -0.15) is 0 Å². The number of nitrogens with zero attached hydrogens (tertiary/aromatic N) is 1. The highest BCUT2D eigenvalue weighted by molar-refractivity contribution is 7.99. The van der Waals surface area contributed by atoms with Crippen LogP contribution in [0.4, 0.5) is 0 Å². The summed E-state index contributed by atoms with van der Waals surface area (Å²) in [6.45, 7) is 2.32. The van der Waals surface area contributed by atoms with Gasteiger partial charge in [0.2, 0.25) is 0 Å². The molecule has 0 radical (unpaired) electrons. The van der Waals surface area contributed by atoms with Crippen LogP contribution < -0.4 is 15.9 Å². The number of nitrogens with one attached hydrogen (secondary N) is 1. The third-order valence-electron chi connectivity index (χ3n) is 4.25. The van der Waals surface area contributed by atoms with Crippen LogP contribution in [0.1, 0.15) is 30.0 Å². The Labute approximate surface area is 153 Å². The number of hydrogen-bond acceptors (Lipinski definition) is 6. The molecule has 0 bridgehead atoms. The van der Waals surface area contributed by atoms with Crippen molar-refractivity contribution >= 4 is 22.7 Å². The van der Waals surface area contributed by atoms with E-state index >= 15 is 0 Å². The summed E-state index contributed by atoms with van der Waals surface area (Å²) in [5.41, 5.74) is 1.81. The van der Waals surface area contributed by atoms with Gasteiger partial charge in [0.05, 0.1) is 12.3 Å². The first kappa shape index (κ1) is 16.9. The normalized spacial score (nSPS) is 13.9. The number of H-pyrrole nitrogens is 1. The van der Waals surface area contributed by atoms with Crippen LogP contribution in [0, 0.1) is 6.92 Å². The van der Waals surface area contributed by atoms with Gasteiger partial charge in [-0.15, -0.1) is 0 Å². The SMILES string of the molecule is Cc1cc(=O)oc2cc(OCCSc3nc(C4CC4)cc(=O)[nH]3)ccc12. The van der Waals surface area contributed by atoms with Crippen molar-refractivity contribution in [3.05, 3.63) is 62.4 Å². The topological polar surface area (TPSA) is 85.2 Å². The number of benzene rings is 1. The average Bonchev–Trinajstić information content (AvgIpc) is 3.43. The summed E-state index contributed by atoms with van der Waals surface area (Å²) in [6, 6.07) is 8.52. The summed E-state index contributed by atoms with van der Waals surface area (Å²) in [5, 5.41) is 1.52. The summed E-state index contributed by atoms with van der Waals surface area (Å²) in [4.78, 5) is 30.5. The molecule has 1 aromatic carbocycles. The second-order valence-electron chi connectivity index (χ2n) is 6.35. The first-order valence-electron chi connectivity index (χ1n) is 8.50. The molecule has 0 atom stereocenters. The second kappa shape index (κ2) is 6.99. The quantitative estimate of drug-likeness (QED) is 0.310. The van der Waals surface area contributed by atoms with Gasteiger partial charge in [0.15, 0.2) is 5.16 Å². The number of aromatic amines is 1. The van der Waals surface area contributed by atoms with Crippen molar-refractivity contribution in [3.63, 3.8) is 0 Å². The van der Waals surface area contributed by atoms with Gasteiger partial charge in [-0.3, -0.25) is 4.79 Å². The minimum absolute atomic E-state index is 0.106. The van der Waals surface area contributed by atoms with E-state index in [1.807, 2.05) is 19.1 Å². The molecule has 7 heteroatoms. The van der Waals surface area contributed by atoms with E-state index in [1.165, 1.54) is 17.8 Å². The van der Waals surface area contributed by atoms with Crippen molar-refractivity contribution in [2.24, 2.45) is 0 Å². The molecule has 26 heavy (non-hydrogen) atoms. The van der Waals surface area contributed by atoms with Gasteiger partial charge < -0.3 is 14.1 Å². The first-order valence-corrected chi connectivity index (χ1v) is 9.48. The number of fused-ring (bicyclic) bond motifs is 1. The van der Waals surface area contributed by atoms with Crippen molar-refractivity contribution in [3.8, 4) is 5.75 Å².